The molecule has 0 aliphatic carbocycles. The highest BCUT2D eigenvalue weighted by atomic mass is 16.1. The molecule has 0 unspecified atom stereocenters. The van der Waals surface area contributed by atoms with E-state index in [9.17, 15) is 4.79 Å². The summed E-state index contributed by atoms with van der Waals surface area (Å²) in [4.78, 5) is 16.4. The van der Waals surface area contributed by atoms with Crippen molar-refractivity contribution in [2.45, 2.75) is 0 Å². The summed E-state index contributed by atoms with van der Waals surface area (Å²) in [6.45, 7) is 0. The van der Waals surface area contributed by atoms with Crippen molar-refractivity contribution >= 4 is 23.0 Å². The Balaban J connectivity index is 1.67. The van der Waals surface area contributed by atoms with Crippen LogP contribution in [-0.2, 0) is 0 Å². The Morgan fingerprint density at radius 2 is 1.58 bits per heavy atom. The molecule has 0 aliphatic rings. The molecule has 124 valence electrons. The van der Waals surface area contributed by atoms with Gasteiger partial charge in [0.15, 0.2) is 0 Å². The largest absolute Gasteiger partial charge is 0.354 e. The first kappa shape index (κ1) is 16.7. The van der Waals surface area contributed by atoms with Crippen LogP contribution in [0.5, 0.6) is 0 Å². The van der Waals surface area contributed by atoms with Crippen LogP contribution in [0.1, 0.15) is 21.6 Å². The van der Waals surface area contributed by atoms with Gasteiger partial charge in [-0.1, -0.05) is 6.07 Å². The predicted octanol–water partition coefficient (Wildman–Crippen LogP) is 3.82. The fourth-order valence-electron chi connectivity index (χ4n) is 2.26. The first-order valence-corrected chi connectivity index (χ1v) is 7.73. The number of nitrogens with zero attached hydrogens (tertiary/aromatic N) is 3. The Morgan fingerprint density at radius 3 is 2.23 bits per heavy atom. The second kappa shape index (κ2) is 7.61. The number of rotatable bonds is 4. The van der Waals surface area contributed by atoms with Crippen LogP contribution in [0.4, 0.5) is 17.1 Å². The summed E-state index contributed by atoms with van der Waals surface area (Å²) in [6.07, 6.45) is 1.55. The molecule has 0 bridgehead atoms. The summed E-state index contributed by atoms with van der Waals surface area (Å²) < 4.78 is 0. The lowest BCUT2D eigenvalue weighted by molar-refractivity contribution is 0.102. The zero-order chi connectivity index (χ0) is 18.4. The SMILES string of the molecule is N#Cc1ccc(Nc2ccc(C(=O)Nc3cccc(C#N)c3)nc2)cc1. The van der Waals surface area contributed by atoms with E-state index in [0.717, 1.165) is 11.4 Å². The average molecular weight is 339 g/mol. The Hall–Kier alpha value is -4.16. The molecule has 0 atom stereocenters. The minimum atomic E-state index is -0.356. The van der Waals surface area contributed by atoms with Crippen molar-refractivity contribution in [2.75, 3.05) is 10.6 Å². The van der Waals surface area contributed by atoms with Crippen molar-refractivity contribution in [3.05, 3.63) is 83.7 Å². The Morgan fingerprint density at radius 1 is 0.846 bits per heavy atom. The molecule has 26 heavy (non-hydrogen) atoms. The van der Waals surface area contributed by atoms with Crippen molar-refractivity contribution in [2.24, 2.45) is 0 Å². The Labute approximate surface area is 150 Å². The summed E-state index contributed by atoms with van der Waals surface area (Å²) in [5.41, 5.74) is 3.39. The molecule has 6 nitrogen and oxygen atoms in total. The maximum Gasteiger partial charge on any atom is 0.274 e. The quantitative estimate of drug-likeness (QED) is 0.752. The van der Waals surface area contributed by atoms with Gasteiger partial charge in [-0.25, -0.2) is 4.98 Å². The highest BCUT2D eigenvalue weighted by Crippen LogP contribution is 2.17. The van der Waals surface area contributed by atoms with Gasteiger partial charge in [0.25, 0.3) is 5.91 Å². The topological polar surface area (TPSA) is 102 Å². The van der Waals surface area contributed by atoms with E-state index < -0.39 is 0 Å². The smallest absolute Gasteiger partial charge is 0.274 e. The zero-order valence-corrected chi connectivity index (χ0v) is 13.6. The van der Waals surface area contributed by atoms with Crippen molar-refractivity contribution in [1.29, 1.82) is 10.5 Å². The number of pyridine rings is 1. The highest BCUT2D eigenvalue weighted by molar-refractivity contribution is 6.03. The lowest BCUT2D eigenvalue weighted by atomic mass is 10.2. The molecule has 3 rings (SSSR count). The second-order valence-electron chi connectivity index (χ2n) is 5.39. The zero-order valence-electron chi connectivity index (χ0n) is 13.6. The number of nitriles is 2. The van der Waals surface area contributed by atoms with Crippen LogP contribution in [0, 0.1) is 22.7 Å². The number of anilines is 3. The molecule has 2 aromatic carbocycles. The number of benzene rings is 2. The van der Waals surface area contributed by atoms with E-state index in [2.05, 4.69) is 21.7 Å². The monoisotopic (exact) mass is 339 g/mol. The molecular weight excluding hydrogens is 326 g/mol. The van der Waals surface area contributed by atoms with E-state index in [4.69, 9.17) is 10.5 Å². The van der Waals surface area contributed by atoms with Gasteiger partial charge in [0, 0.05) is 11.4 Å². The normalized spacial score (nSPS) is 9.62. The third-order valence-electron chi connectivity index (χ3n) is 3.55. The summed E-state index contributed by atoms with van der Waals surface area (Å²) in [7, 11) is 0. The first-order chi connectivity index (χ1) is 12.7. The molecule has 1 amide bonds. The second-order valence-corrected chi connectivity index (χ2v) is 5.39. The third-order valence-corrected chi connectivity index (χ3v) is 3.55. The standard InChI is InChI=1S/C20H13N5O/c21-11-14-4-6-16(7-5-14)24-18-8-9-19(23-13-18)20(26)25-17-3-1-2-15(10-17)12-22/h1-10,13,24H,(H,25,26). The lowest BCUT2D eigenvalue weighted by Crippen LogP contribution is -2.13. The number of hydrogen-bond acceptors (Lipinski definition) is 5. The number of aromatic nitrogens is 1. The summed E-state index contributed by atoms with van der Waals surface area (Å²) in [5, 5.41) is 23.6. The molecule has 1 heterocycles. The molecule has 1 aromatic heterocycles. The maximum atomic E-state index is 12.2. The molecule has 6 heteroatoms. The van der Waals surface area contributed by atoms with Crippen molar-refractivity contribution < 1.29 is 4.79 Å². The van der Waals surface area contributed by atoms with Gasteiger partial charge < -0.3 is 10.6 Å². The van der Waals surface area contributed by atoms with Crippen LogP contribution in [0.25, 0.3) is 0 Å². The van der Waals surface area contributed by atoms with E-state index >= 15 is 0 Å². The van der Waals surface area contributed by atoms with Crippen LogP contribution in [0.2, 0.25) is 0 Å². The van der Waals surface area contributed by atoms with Crippen LogP contribution in [0.15, 0.2) is 66.9 Å². The minimum Gasteiger partial charge on any atom is -0.354 e. The molecule has 0 spiro atoms. The highest BCUT2D eigenvalue weighted by Gasteiger charge is 2.08. The van der Waals surface area contributed by atoms with E-state index in [1.165, 1.54) is 0 Å². The number of carbonyl (C=O) groups excluding carboxylic acids is 1. The van der Waals surface area contributed by atoms with Gasteiger partial charge in [-0.05, 0) is 54.6 Å². The average Bonchev–Trinajstić information content (AvgIpc) is 2.69. The number of hydrogen-bond donors (Lipinski definition) is 2. The molecule has 0 fully saturated rings. The van der Waals surface area contributed by atoms with E-state index in [1.54, 1.807) is 66.9 Å². The lowest BCUT2D eigenvalue weighted by Gasteiger charge is -2.08. The fourth-order valence-corrected chi connectivity index (χ4v) is 2.26. The molecule has 0 saturated carbocycles. The molecule has 0 saturated heterocycles. The molecule has 0 radical (unpaired) electrons. The van der Waals surface area contributed by atoms with Crippen molar-refractivity contribution in [3.63, 3.8) is 0 Å². The van der Waals surface area contributed by atoms with E-state index in [0.29, 0.717) is 16.8 Å². The summed E-state index contributed by atoms with van der Waals surface area (Å²) >= 11 is 0. The fraction of sp³-hybridized carbons (Fsp3) is 0. The Bertz CT molecular complexity index is 1010. The first-order valence-electron chi connectivity index (χ1n) is 7.73. The van der Waals surface area contributed by atoms with Gasteiger partial charge in [-0.3, -0.25) is 4.79 Å². The Kier molecular flexibility index (Phi) is 4.88. The number of carbonyl (C=O) groups is 1. The van der Waals surface area contributed by atoms with Crippen molar-refractivity contribution in [1.82, 2.24) is 4.98 Å². The van der Waals surface area contributed by atoms with Crippen molar-refractivity contribution in [3.8, 4) is 12.1 Å². The maximum absolute atomic E-state index is 12.2. The third kappa shape index (κ3) is 4.02. The molecule has 0 aliphatic heterocycles. The van der Waals surface area contributed by atoms with Gasteiger partial charge in [-0.2, -0.15) is 10.5 Å². The number of amides is 1. The van der Waals surface area contributed by atoms with Gasteiger partial charge in [-0.15, -0.1) is 0 Å². The summed E-state index contributed by atoms with van der Waals surface area (Å²) in [5.74, 6) is -0.356. The van der Waals surface area contributed by atoms with Gasteiger partial charge >= 0.3 is 0 Å². The van der Waals surface area contributed by atoms with Crippen LogP contribution in [-0.4, -0.2) is 10.9 Å². The van der Waals surface area contributed by atoms with Gasteiger partial charge in [0.1, 0.15) is 5.69 Å². The van der Waals surface area contributed by atoms with Crippen LogP contribution >= 0.6 is 0 Å². The van der Waals surface area contributed by atoms with E-state index in [1.807, 2.05) is 6.07 Å². The number of nitrogens with one attached hydrogen (secondary N) is 2. The van der Waals surface area contributed by atoms with Crippen LogP contribution < -0.4 is 10.6 Å². The van der Waals surface area contributed by atoms with Crippen LogP contribution in [0.3, 0.4) is 0 Å². The predicted molar refractivity (Wildman–Crippen MR) is 97.8 cm³/mol. The van der Waals surface area contributed by atoms with Gasteiger partial charge in [0.2, 0.25) is 0 Å². The minimum absolute atomic E-state index is 0.262. The van der Waals surface area contributed by atoms with E-state index in [-0.39, 0.29) is 11.6 Å². The molecule has 3 aromatic rings. The van der Waals surface area contributed by atoms with Gasteiger partial charge in [0.05, 0.1) is 35.1 Å². The molecular formula is C20H13N5O. The summed E-state index contributed by atoms with van der Waals surface area (Å²) in [6, 6.07) is 21.1. The molecule has 2 N–H and O–H groups in total.